The van der Waals surface area contributed by atoms with Crippen molar-refractivity contribution in [1.29, 1.82) is 5.26 Å². The zero-order valence-corrected chi connectivity index (χ0v) is 21.3. The maximum absolute atomic E-state index is 15.2. The summed E-state index contributed by atoms with van der Waals surface area (Å²) in [7, 11) is 0. The van der Waals surface area contributed by atoms with Crippen LogP contribution in [0.15, 0.2) is 60.7 Å². The fourth-order valence-electron chi connectivity index (χ4n) is 4.39. The van der Waals surface area contributed by atoms with Crippen molar-refractivity contribution in [1.82, 2.24) is 0 Å². The molecule has 0 bridgehead atoms. The second kappa shape index (κ2) is 14.3. The van der Waals surface area contributed by atoms with Gasteiger partial charge in [-0.3, -0.25) is 0 Å². The molecule has 0 aliphatic carbocycles. The Kier molecular flexibility index (Phi) is 10.8. The second-order valence-electron chi connectivity index (χ2n) is 9.25. The van der Waals surface area contributed by atoms with E-state index in [0.717, 1.165) is 66.7 Å². The van der Waals surface area contributed by atoms with Gasteiger partial charge in [0.15, 0.2) is 0 Å². The van der Waals surface area contributed by atoms with Crippen LogP contribution in [0.2, 0.25) is 0 Å². The Morgan fingerprint density at radius 1 is 0.686 bits per heavy atom. The molecule has 2 nitrogen and oxygen atoms in total. The van der Waals surface area contributed by atoms with Gasteiger partial charge in [-0.05, 0) is 53.6 Å². The van der Waals surface area contributed by atoms with Crippen molar-refractivity contribution in [3.63, 3.8) is 0 Å². The molecule has 0 fully saturated rings. The van der Waals surface area contributed by atoms with Crippen LogP contribution in [0.25, 0.3) is 22.3 Å². The third kappa shape index (κ3) is 7.69. The monoisotopic (exact) mass is 471 g/mol. The molecule has 0 spiro atoms. The van der Waals surface area contributed by atoms with Gasteiger partial charge in [0.2, 0.25) is 0 Å². The van der Waals surface area contributed by atoms with E-state index < -0.39 is 5.82 Å². The lowest BCUT2D eigenvalue weighted by molar-refractivity contribution is 0.304. The van der Waals surface area contributed by atoms with Gasteiger partial charge in [-0.2, -0.15) is 5.26 Å². The van der Waals surface area contributed by atoms with Crippen molar-refractivity contribution >= 4 is 0 Å². The Hall–Kier alpha value is -3.12. The number of ether oxygens (including phenoxy) is 1. The number of benzene rings is 3. The molecule has 3 rings (SSSR count). The Balaban J connectivity index is 1.61. The summed E-state index contributed by atoms with van der Waals surface area (Å²) >= 11 is 0. The minimum absolute atomic E-state index is 0.180. The molecule has 0 heterocycles. The number of hydrogen-bond acceptors (Lipinski definition) is 2. The average Bonchev–Trinajstić information content (AvgIpc) is 2.89. The summed E-state index contributed by atoms with van der Waals surface area (Å²) in [4.78, 5) is 0. The van der Waals surface area contributed by atoms with Crippen LogP contribution in [0.4, 0.5) is 4.39 Å². The molecule has 0 aliphatic rings. The van der Waals surface area contributed by atoms with E-state index in [2.05, 4.69) is 32.0 Å². The van der Waals surface area contributed by atoms with Crippen molar-refractivity contribution in [2.45, 2.75) is 78.1 Å². The standard InChI is InChI=1S/C32H38FNO/c1-3-5-7-8-9-11-23-35-29-20-17-26(18-21-29)25-13-15-28(16-14-25)30-22-19-27(12-10-6-4-2)31(24-34)32(30)33/h13-22H,3-12,23H2,1-2H3. The maximum Gasteiger partial charge on any atom is 0.149 e. The van der Waals surface area contributed by atoms with Gasteiger partial charge in [-0.1, -0.05) is 107 Å². The largest absolute Gasteiger partial charge is 0.494 e. The van der Waals surface area contributed by atoms with Gasteiger partial charge in [0, 0.05) is 5.56 Å². The van der Waals surface area contributed by atoms with Crippen LogP contribution < -0.4 is 4.74 Å². The van der Waals surface area contributed by atoms with Gasteiger partial charge in [-0.15, -0.1) is 0 Å². The molecule has 3 heteroatoms. The number of hydrogen-bond donors (Lipinski definition) is 0. The van der Waals surface area contributed by atoms with Gasteiger partial charge in [0.25, 0.3) is 0 Å². The summed E-state index contributed by atoms with van der Waals surface area (Å²) in [6.45, 7) is 5.13. The Bertz CT molecular complexity index is 1080. The molecule has 0 radical (unpaired) electrons. The zero-order chi connectivity index (χ0) is 24.9. The molecule has 184 valence electrons. The number of unbranched alkanes of at least 4 members (excludes halogenated alkanes) is 7. The van der Waals surface area contributed by atoms with E-state index in [-0.39, 0.29) is 5.56 Å². The molecule has 3 aromatic carbocycles. The van der Waals surface area contributed by atoms with Crippen molar-refractivity contribution in [2.24, 2.45) is 0 Å². The van der Waals surface area contributed by atoms with Crippen molar-refractivity contribution in [3.8, 4) is 34.1 Å². The molecule has 0 N–H and O–H groups in total. The number of nitrogens with zero attached hydrogens (tertiary/aromatic N) is 1. The third-order valence-electron chi connectivity index (χ3n) is 6.54. The van der Waals surface area contributed by atoms with Crippen molar-refractivity contribution in [2.75, 3.05) is 6.61 Å². The summed E-state index contributed by atoms with van der Waals surface area (Å²) in [5.41, 5.74) is 4.39. The quantitative estimate of drug-likeness (QED) is 0.219. The van der Waals surface area contributed by atoms with E-state index in [1.165, 1.54) is 32.1 Å². The molecule has 0 aromatic heterocycles. The molecule has 0 unspecified atom stereocenters. The highest BCUT2D eigenvalue weighted by Crippen LogP contribution is 2.30. The molecular weight excluding hydrogens is 433 g/mol. The normalized spacial score (nSPS) is 10.8. The van der Waals surface area contributed by atoms with Gasteiger partial charge >= 0.3 is 0 Å². The first-order valence-electron chi connectivity index (χ1n) is 13.2. The smallest absolute Gasteiger partial charge is 0.149 e. The van der Waals surface area contributed by atoms with E-state index in [4.69, 9.17) is 4.74 Å². The SMILES string of the molecule is CCCCCCCCOc1ccc(-c2ccc(-c3ccc(CCCCC)c(C#N)c3F)cc2)cc1. The van der Waals surface area contributed by atoms with E-state index in [9.17, 15) is 5.26 Å². The summed E-state index contributed by atoms with van der Waals surface area (Å²) in [5.74, 6) is 0.477. The van der Waals surface area contributed by atoms with E-state index in [1.54, 1.807) is 0 Å². The van der Waals surface area contributed by atoms with Gasteiger partial charge < -0.3 is 4.74 Å². The predicted octanol–water partition coefficient (Wildman–Crippen LogP) is 9.50. The molecule has 35 heavy (non-hydrogen) atoms. The topological polar surface area (TPSA) is 33.0 Å². The molecule has 0 saturated heterocycles. The van der Waals surface area contributed by atoms with Crippen LogP contribution in [0.3, 0.4) is 0 Å². The summed E-state index contributed by atoms with van der Waals surface area (Å²) in [6.07, 6.45) is 11.4. The van der Waals surface area contributed by atoms with Crippen molar-refractivity contribution in [3.05, 3.63) is 77.6 Å². The van der Waals surface area contributed by atoms with Gasteiger partial charge in [-0.25, -0.2) is 4.39 Å². The number of halogens is 1. The molecular formula is C32H38FNO. The van der Waals surface area contributed by atoms with Gasteiger partial charge in [0.05, 0.1) is 12.2 Å². The Labute approximate surface area is 210 Å². The summed E-state index contributed by atoms with van der Waals surface area (Å²) in [5, 5.41) is 9.55. The Morgan fingerprint density at radius 2 is 1.26 bits per heavy atom. The number of aryl methyl sites for hydroxylation is 1. The van der Waals surface area contributed by atoms with Crippen LogP contribution in [0.1, 0.15) is 82.8 Å². The van der Waals surface area contributed by atoms with Gasteiger partial charge in [0.1, 0.15) is 17.6 Å². The predicted molar refractivity (Wildman–Crippen MR) is 144 cm³/mol. The molecule has 0 saturated carbocycles. The second-order valence-corrected chi connectivity index (χ2v) is 9.25. The van der Waals surface area contributed by atoms with Crippen LogP contribution in [-0.4, -0.2) is 6.61 Å². The first-order chi connectivity index (χ1) is 17.2. The fourth-order valence-corrected chi connectivity index (χ4v) is 4.39. The highest BCUT2D eigenvalue weighted by atomic mass is 19.1. The minimum atomic E-state index is -0.416. The highest BCUT2D eigenvalue weighted by molar-refractivity contribution is 5.72. The highest BCUT2D eigenvalue weighted by Gasteiger charge is 2.14. The fraction of sp³-hybridized carbons (Fsp3) is 0.406. The van der Waals surface area contributed by atoms with Crippen LogP contribution >= 0.6 is 0 Å². The number of nitriles is 1. The Morgan fingerprint density at radius 3 is 1.91 bits per heavy atom. The number of rotatable bonds is 14. The van der Waals surface area contributed by atoms with Crippen LogP contribution in [0.5, 0.6) is 5.75 Å². The van der Waals surface area contributed by atoms with E-state index in [0.29, 0.717) is 5.56 Å². The minimum Gasteiger partial charge on any atom is -0.494 e. The third-order valence-corrected chi connectivity index (χ3v) is 6.54. The average molecular weight is 472 g/mol. The lowest BCUT2D eigenvalue weighted by atomic mass is 9.94. The molecule has 0 amide bonds. The maximum atomic E-state index is 15.2. The summed E-state index contributed by atoms with van der Waals surface area (Å²) < 4.78 is 21.1. The summed E-state index contributed by atoms with van der Waals surface area (Å²) in [6, 6.07) is 21.8. The lowest BCUT2D eigenvalue weighted by Gasteiger charge is -2.11. The molecule has 3 aromatic rings. The zero-order valence-electron chi connectivity index (χ0n) is 21.3. The van der Waals surface area contributed by atoms with Crippen LogP contribution in [-0.2, 0) is 6.42 Å². The van der Waals surface area contributed by atoms with E-state index in [1.807, 2.05) is 48.5 Å². The molecule has 0 atom stereocenters. The first kappa shape index (κ1) is 26.5. The molecule has 0 aliphatic heterocycles. The first-order valence-corrected chi connectivity index (χ1v) is 13.2. The van der Waals surface area contributed by atoms with E-state index >= 15 is 4.39 Å². The van der Waals surface area contributed by atoms with Crippen molar-refractivity contribution < 1.29 is 9.13 Å². The lowest BCUT2D eigenvalue weighted by Crippen LogP contribution is -1.98. The van der Waals surface area contributed by atoms with Crippen LogP contribution in [0, 0.1) is 17.1 Å².